The number of nitrogens with zero attached hydrogens (tertiary/aromatic N) is 4. The molecule has 0 bridgehead atoms. The van der Waals surface area contributed by atoms with Crippen molar-refractivity contribution in [2.75, 3.05) is 13.7 Å². The van der Waals surface area contributed by atoms with E-state index in [0.29, 0.717) is 39.8 Å². The molecule has 1 aromatic carbocycles. The summed E-state index contributed by atoms with van der Waals surface area (Å²) in [5, 5.41) is 18.2. The number of nitrogens with one attached hydrogen (secondary N) is 1. The quantitative estimate of drug-likeness (QED) is 0.474. The molecule has 0 saturated heterocycles. The summed E-state index contributed by atoms with van der Waals surface area (Å²) in [5.41, 5.74) is 0.831. The number of benzene rings is 1. The standard InChI is InChI=1S/C20H25N5O5S2/c1-11-17(25-19(22-11)31-18(23-25)20(2,3)26)13-5-6-15(30-4)16(9-13)32(28,29)24-14-7-12(8-14)10-21-27/h5-6,9,12,14,24,26H,7-8,10H2,1-4H3. The molecule has 1 fully saturated rings. The van der Waals surface area contributed by atoms with Crippen molar-refractivity contribution in [2.45, 2.75) is 50.2 Å². The van der Waals surface area contributed by atoms with E-state index in [9.17, 15) is 18.4 Å². The summed E-state index contributed by atoms with van der Waals surface area (Å²) < 4.78 is 35.9. The largest absolute Gasteiger partial charge is 0.495 e. The number of fused-ring (bicyclic) bond motifs is 1. The fourth-order valence-electron chi connectivity index (χ4n) is 3.83. The van der Waals surface area contributed by atoms with Gasteiger partial charge in [0.15, 0.2) is 0 Å². The lowest BCUT2D eigenvalue weighted by molar-refractivity contribution is 0.0773. The molecule has 0 radical (unpaired) electrons. The van der Waals surface area contributed by atoms with Crippen LogP contribution in [0.25, 0.3) is 16.2 Å². The molecule has 10 nitrogen and oxygen atoms in total. The van der Waals surface area contributed by atoms with E-state index in [2.05, 4.69) is 20.0 Å². The van der Waals surface area contributed by atoms with Gasteiger partial charge >= 0.3 is 0 Å². The van der Waals surface area contributed by atoms with Gasteiger partial charge < -0.3 is 9.84 Å². The summed E-state index contributed by atoms with van der Waals surface area (Å²) in [4.78, 5) is 15.6. The van der Waals surface area contributed by atoms with Gasteiger partial charge in [-0.3, -0.25) is 0 Å². The van der Waals surface area contributed by atoms with Crippen LogP contribution in [0.2, 0.25) is 0 Å². The number of nitroso groups, excluding NO2 is 1. The molecule has 4 rings (SSSR count). The maximum atomic E-state index is 13.1. The molecule has 2 heterocycles. The highest BCUT2D eigenvalue weighted by molar-refractivity contribution is 7.89. The van der Waals surface area contributed by atoms with Crippen molar-refractivity contribution in [1.82, 2.24) is 19.3 Å². The lowest BCUT2D eigenvalue weighted by atomic mass is 9.81. The Bertz CT molecular complexity index is 1270. The van der Waals surface area contributed by atoms with E-state index >= 15 is 0 Å². The van der Waals surface area contributed by atoms with Crippen LogP contribution in [0.15, 0.2) is 28.3 Å². The van der Waals surface area contributed by atoms with Crippen LogP contribution >= 0.6 is 11.3 Å². The summed E-state index contributed by atoms with van der Waals surface area (Å²) >= 11 is 1.28. The second kappa shape index (κ2) is 8.18. The number of rotatable bonds is 8. The van der Waals surface area contributed by atoms with Gasteiger partial charge in [0.25, 0.3) is 0 Å². The topological polar surface area (TPSA) is 135 Å². The van der Waals surface area contributed by atoms with Gasteiger partial charge in [-0.15, -0.1) is 0 Å². The number of aryl methyl sites for hydroxylation is 1. The van der Waals surface area contributed by atoms with E-state index in [1.807, 2.05) is 6.92 Å². The molecule has 1 aliphatic carbocycles. The second-order valence-corrected chi connectivity index (χ2v) is 11.2. The molecular formula is C20H25N5O5S2. The molecule has 172 valence electrons. The minimum absolute atomic E-state index is 0.0155. The average molecular weight is 480 g/mol. The molecule has 0 aliphatic heterocycles. The number of imidazole rings is 1. The van der Waals surface area contributed by atoms with Crippen molar-refractivity contribution >= 4 is 26.3 Å². The summed E-state index contributed by atoms with van der Waals surface area (Å²) in [6.45, 7) is 5.33. The molecule has 12 heteroatoms. The maximum Gasteiger partial charge on any atom is 0.244 e. The van der Waals surface area contributed by atoms with Crippen molar-refractivity contribution in [3.8, 4) is 17.0 Å². The first-order valence-corrected chi connectivity index (χ1v) is 12.4. The van der Waals surface area contributed by atoms with Gasteiger partial charge in [-0.25, -0.2) is 22.6 Å². The highest BCUT2D eigenvalue weighted by Gasteiger charge is 2.34. The minimum Gasteiger partial charge on any atom is -0.495 e. The Morgan fingerprint density at radius 3 is 2.72 bits per heavy atom. The molecule has 0 unspecified atom stereocenters. The highest BCUT2D eigenvalue weighted by Crippen LogP contribution is 2.35. The van der Waals surface area contributed by atoms with Gasteiger partial charge in [0.05, 0.1) is 25.0 Å². The first-order chi connectivity index (χ1) is 15.0. The van der Waals surface area contributed by atoms with Gasteiger partial charge in [0, 0.05) is 11.6 Å². The Balaban J connectivity index is 1.72. The zero-order valence-electron chi connectivity index (χ0n) is 18.2. The van der Waals surface area contributed by atoms with Crippen LogP contribution in [0.5, 0.6) is 5.75 Å². The number of methoxy groups -OCH3 is 1. The number of hydrogen-bond donors (Lipinski definition) is 2. The van der Waals surface area contributed by atoms with E-state index in [4.69, 9.17) is 4.74 Å². The summed E-state index contributed by atoms with van der Waals surface area (Å²) in [6.07, 6.45) is 1.15. The predicted octanol–water partition coefficient (Wildman–Crippen LogP) is 2.83. The van der Waals surface area contributed by atoms with Crippen molar-refractivity contribution in [3.63, 3.8) is 0 Å². The lowest BCUT2D eigenvalue weighted by Crippen LogP contribution is -2.45. The molecule has 2 aromatic heterocycles. The van der Waals surface area contributed by atoms with Crippen molar-refractivity contribution in [1.29, 1.82) is 0 Å². The number of aliphatic hydroxyl groups is 1. The summed E-state index contributed by atoms with van der Waals surface area (Å²) in [7, 11) is -2.45. The second-order valence-electron chi connectivity index (χ2n) is 8.54. The molecule has 1 saturated carbocycles. The number of ether oxygens (including phenoxy) is 1. The Hall–Kier alpha value is -2.41. The van der Waals surface area contributed by atoms with Gasteiger partial charge in [-0.2, -0.15) is 10.0 Å². The Morgan fingerprint density at radius 2 is 2.09 bits per heavy atom. The Kier molecular flexibility index (Phi) is 5.82. The van der Waals surface area contributed by atoms with Gasteiger partial charge in [0.2, 0.25) is 15.0 Å². The van der Waals surface area contributed by atoms with Crippen molar-refractivity contribution < 1.29 is 18.3 Å². The molecule has 0 spiro atoms. The predicted molar refractivity (Wildman–Crippen MR) is 120 cm³/mol. The Labute approximate surface area is 189 Å². The zero-order chi connectivity index (χ0) is 23.3. The molecule has 3 aromatic rings. The van der Waals surface area contributed by atoms with Crippen molar-refractivity contribution in [3.05, 3.63) is 33.8 Å². The van der Waals surface area contributed by atoms with Crippen LogP contribution in [-0.4, -0.2) is 47.8 Å². The first kappa shape index (κ1) is 22.8. The smallest absolute Gasteiger partial charge is 0.244 e. The molecular weight excluding hydrogens is 454 g/mol. The third-order valence-corrected chi connectivity index (χ3v) is 8.28. The normalized spacial score (nSPS) is 19.2. The number of aromatic nitrogens is 3. The number of sulfonamides is 1. The van der Waals surface area contributed by atoms with Crippen LogP contribution in [0.1, 0.15) is 37.4 Å². The van der Waals surface area contributed by atoms with Gasteiger partial charge in [-0.1, -0.05) is 16.5 Å². The van der Waals surface area contributed by atoms with E-state index in [1.165, 1.54) is 18.4 Å². The van der Waals surface area contributed by atoms with E-state index in [-0.39, 0.29) is 29.1 Å². The first-order valence-electron chi connectivity index (χ1n) is 10.1. The van der Waals surface area contributed by atoms with Crippen LogP contribution < -0.4 is 9.46 Å². The van der Waals surface area contributed by atoms with E-state index in [0.717, 1.165) is 0 Å². The van der Waals surface area contributed by atoms with Crippen LogP contribution in [0, 0.1) is 17.7 Å². The van der Waals surface area contributed by atoms with Crippen LogP contribution in [0.4, 0.5) is 0 Å². The molecule has 0 atom stereocenters. The maximum absolute atomic E-state index is 13.1. The van der Waals surface area contributed by atoms with Crippen LogP contribution in [0.3, 0.4) is 0 Å². The molecule has 2 N–H and O–H groups in total. The van der Waals surface area contributed by atoms with Crippen molar-refractivity contribution in [2.24, 2.45) is 11.1 Å². The lowest BCUT2D eigenvalue weighted by Gasteiger charge is -2.34. The summed E-state index contributed by atoms with van der Waals surface area (Å²) in [6, 6.07) is 4.67. The van der Waals surface area contributed by atoms with Gasteiger partial charge in [-0.05, 0) is 57.7 Å². The third-order valence-electron chi connectivity index (χ3n) is 5.52. The average Bonchev–Trinajstić information content (AvgIpc) is 3.22. The fraction of sp³-hybridized carbons (Fsp3) is 0.500. The van der Waals surface area contributed by atoms with E-state index < -0.39 is 15.6 Å². The Morgan fingerprint density at radius 1 is 1.38 bits per heavy atom. The third kappa shape index (κ3) is 4.15. The van der Waals surface area contributed by atoms with Crippen LogP contribution in [-0.2, 0) is 15.6 Å². The molecule has 1 aliphatic rings. The summed E-state index contributed by atoms with van der Waals surface area (Å²) in [5.74, 6) is 0.339. The monoisotopic (exact) mass is 479 g/mol. The number of hydrogen-bond acceptors (Lipinski definition) is 9. The molecule has 0 amide bonds. The van der Waals surface area contributed by atoms with E-state index in [1.54, 1.807) is 36.6 Å². The minimum atomic E-state index is -3.87. The SMILES string of the molecule is COc1ccc(-c2c(C)nc3sc(C(C)(C)O)nn23)cc1S(=O)(=O)NC1CC(CN=O)C1. The highest BCUT2D eigenvalue weighted by atomic mass is 32.2. The fourth-order valence-corrected chi connectivity index (χ4v) is 6.23. The van der Waals surface area contributed by atoms with Gasteiger partial charge in [0.1, 0.15) is 21.3 Å². The molecule has 32 heavy (non-hydrogen) atoms. The zero-order valence-corrected chi connectivity index (χ0v) is 19.8.